The number of hydrogen-bond acceptors (Lipinski definition) is 3. The fraction of sp³-hybridized carbons (Fsp3) is 0.438. The van der Waals surface area contributed by atoms with Crippen LogP contribution in [0.4, 0.5) is 0 Å². The molecule has 1 fully saturated rings. The normalized spacial score (nSPS) is 16.8. The van der Waals surface area contributed by atoms with Crippen molar-refractivity contribution in [1.29, 1.82) is 0 Å². The first-order valence-electron chi connectivity index (χ1n) is 13.1. The monoisotopic (exact) mass is 471 g/mol. The van der Waals surface area contributed by atoms with Gasteiger partial charge in [0.2, 0.25) is 0 Å². The number of aliphatic hydroxyl groups is 2. The van der Waals surface area contributed by atoms with Gasteiger partial charge >= 0.3 is 0 Å². The minimum Gasteiger partial charge on any atom is -0.388 e. The summed E-state index contributed by atoms with van der Waals surface area (Å²) in [6.07, 6.45) is 3.21. The molecule has 0 radical (unpaired) electrons. The second-order valence-electron chi connectivity index (χ2n) is 11.1. The second kappa shape index (κ2) is 11.1. The summed E-state index contributed by atoms with van der Waals surface area (Å²) < 4.78 is 0. The molecule has 2 N–H and O–H groups in total. The Kier molecular flexibility index (Phi) is 8.11. The molecule has 35 heavy (non-hydrogen) atoms. The predicted molar refractivity (Wildman–Crippen MR) is 144 cm³/mol. The summed E-state index contributed by atoms with van der Waals surface area (Å²) in [5, 5.41) is 23.0. The molecule has 3 aromatic carbocycles. The largest absolute Gasteiger partial charge is 0.388 e. The van der Waals surface area contributed by atoms with Gasteiger partial charge in [0.15, 0.2) is 0 Å². The van der Waals surface area contributed by atoms with Crippen LogP contribution in [-0.4, -0.2) is 34.7 Å². The first-order chi connectivity index (χ1) is 16.8. The zero-order valence-electron chi connectivity index (χ0n) is 21.5. The van der Waals surface area contributed by atoms with E-state index in [2.05, 4.69) is 68.1 Å². The van der Waals surface area contributed by atoms with Crippen LogP contribution < -0.4 is 0 Å². The summed E-state index contributed by atoms with van der Waals surface area (Å²) in [4.78, 5) is 2.50. The lowest BCUT2D eigenvalue weighted by Gasteiger charge is -2.42. The van der Waals surface area contributed by atoms with Gasteiger partial charge in [-0.15, -0.1) is 0 Å². The molecule has 1 unspecified atom stereocenters. The van der Waals surface area contributed by atoms with Gasteiger partial charge in [0.1, 0.15) is 5.60 Å². The number of likely N-dealkylation sites (tertiary alicyclic amines) is 1. The summed E-state index contributed by atoms with van der Waals surface area (Å²) in [5.41, 5.74) is 3.30. The summed E-state index contributed by atoms with van der Waals surface area (Å²) in [7, 11) is 0. The minimum atomic E-state index is -0.971. The van der Waals surface area contributed by atoms with E-state index in [1.807, 2.05) is 42.5 Å². The first kappa shape index (κ1) is 25.6. The Hall–Kier alpha value is -2.46. The van der Waals surface area contributed by atoms with E-state index in [-0.39, 0.29) is 11.3 Å². The summed E-state index contributed by atoms with van der Waals surface area (Å²) in [6.45, 7) is 9.54. The Balaban J connectivity index is 1.36. The van der Waals surface area contributed by atoms with Gasteiger partial charge in [-0.25, -0.2) is 0 Å². The molecule has 0 aliphatic carbocycles. The van der Waals surface area contributed by atoms with E-state index < -0.39 is 11.7 Å². The Morgan fingerprint density at radius 3 is 1.86 bits per heavy atom. The van der Waals surface area contributed by atoms with Crippen LogP contribution in [0.5, 0.6) is 0 Å². The average Bonchev–Trinajstić information content (AvgIpc) is 2.89. The van der Waals surface area contributed by atoms with E-state index in [1.165, 1.54) is 5.56 Å². The van der Waals surface area contributed by atoms with Crippen LogP contribution in [0.25, 0.3) is 0 Å². The highest BCUT2D eigenvalue weighted by atomic mass is 16.3. The maximum Gasteiger partial charge on any atom is 0.117 e. The molecule has 0 bridgehead atoms. The lowest BCUT2D eigenvalue weighted by atomic mass is 9.72. The fourth-order valence-corrected chi connectivity index (χ4v) is 5.73. The van der Waals surface area contributed by atoms with E-state index in [4.69, 9.17) is 0 Å². The molecule has 0 spiro atoms. The Morgan fingerprint density at radius 1 is 0.800 bits per heavy atom. The summed E-state index contributed by atoms with van der Waals surface area (Å²) >= 11 is 0. The van der Waals surface area contributed by atoms with Gasteiger partial charge in [0, 0.05) is 0 Å². The van der Waals surface area contributed by atoms with Gasteiger partial charge in [-0.1, -0.05) is 106 Å². The van der Waals surface area contributed by atoms with Gasteiger partial charge in [-0.2, -0.15) is 0 Å². The molecule has 3 heteroatoms. The lowest BCUT2D eigenvalue weighted by Crippen LogP contribution is -2.44. The second-order valence-corrected chi connectivity index (χ2v) is 11.1. The number of aliphatic hydroxyl groups excluding tert-OH is 1. The number of nitrogens with zero attached hydrogens (tertiary/aromatic N) is 1. The summed E-state index contributed by atoms with van der Waals surface area (Å²) in [6, 6.07) is 28.6. The zero-order valence-corrected chi connectivity index (χ0v) is 21.5. The maximum atomic E-state index is 12.1. The van der Waals surface area contributed by atoms with Crippen molar-refractivity contribution in [1.82, 2.24) is 4.90 Å². The van der Waals surface area contributed by atoms with Crippen molar-refractivity contribution in [3.8, 4) is 0 Å². The third-order valence-corrected chi connectivity index (χ3v) is 7.69. The maximum absolute atomic E-state index is 12.1. The van der Waals surface area contributed by atoms with Crippen molar-refractivity contribution < 1.29 is 10.2 Å². The first-order valence-corrected chi connectivity index (χ1v) is 13.1. The quantitative estimate of drug-likeness (QED) is 0.397. The van der Waals surface area contributed by atoms with Crippen LogP contribution in [0.1, 0.15) is 74.8 Å². The summed E-state index contributed by atoms with van der Waals surface area (Å²) in [5.74, 6) is 0.174. The van der Waals surface area contributed by atoms with Gasteiger partial charge < -0.3 is 15.1 Å². The van der Waals surface area contributed by atoms with Crippen molar-refractivity contribution in [2.75, 3.05) is 19.6 Å². The molecule has 1 atom stereocenters. The van der Waals surface area contributed by atoms with E-state index >= 15 is 0 Å². The molecule has 186 valence electrons. The van der Waals surface area contributed by atoms with E-state index in [1.54, 1.807) is 0 Å². The SMILES string of the molecule is CC(C)(C)c1ccccc1C(O)CCCN1CCC(C(O)(c2ccccc2)c2ccccc2)CC1. The molecular formula is C32H41NO2. The molecule has 3 aromatic rings. The van der Waals surface area contributed by atoms with Crippen LogP contribution in [0.15, 0.2) is 84.9 Å². The van der Waals surface area contributed by atoms with Crippen LogP contribution in [0.3, 0.4) is 0 Å². The highest BCUT2D eigenvalue weighted by Crippen LogP contribution is 2.42. The van der Waals surface area contributed by atoms with Crippen LogP contribution in [0, 0.1) is 5.92 Å². The number of rotatable bonds is 8. The van der Waals surface area contributed by atoms with Crippen molar-refractivity contribution in [2.45, 2.75) is 63.6 Å². The van der Waals surface area contributed by atoms with Crippen molar-refractivity contribution in [2.24, 2.45) is 5.92 Å². The molecule has 4 rings (SSSR count). The van der Waals surface area contributed by atoms with Gasteiger partial charge in [0.05, 0.1) is 6.10 Å². The fourth-order valence-electron chi connectivity index (χ4n) is 5.73. The molecule has 3 nitrogen and oxygen atoms in total. The highest BCUT2D eigenvalue weighted by Gasteiger charge is 2.41. The molecule has 0 amide bonds. The molecule has 1 aliphatic heterocycles. The van der Waals surface area contributed by atoms with Crippen LogP contribution >= 0.6 is 0 Å². The smallest absolute Gasteiger partial charge is 0.117 e. The lowest BCUT2D eigenvalue weighted by molar-refractivity contribution is -0.0146. The van der Waals surface area contributed by atoms with Gasteiger partial charge in [-0.3, -0.25) is 0 Å². The van der Waals surface area contributed by atoms with Gasteiger partial charge in [-0.05, 0) is 78.9 Å². The Labute approximate surface area is 211 Å². The molecule has 1 heterocycles. The third kappa shape index (κ3) is 5.86. The molecule has 1 aliphatic rings. The average molecular weight is 472 g/mol. The highest BCUT2D eigenvalue weighted by molar-refractivity contribution is 5.37. The van der Waals surface area contributed by atoms with Crippen molar-refractivity contribution >= 4 is 0 Å². The zero-order chi connectivity index (χ0) is 24.9. The topological polar surface area (TPSA) is 43.7 Å². The molecule has 0 saturated carbocycles. The van der Waals surface area contributed by atoms with Crippen molar-refractivity contribution in [3.05, 3.63) is 107 Å². The molecule has 1 saturated heterocycles. The predicted octanol–water partition coefficient (Wildman–Crippen LogP) is 6.45. The van der Waals surface area contributed by atoms with Gasteiger partial charge in [0.25, 0.3) is 0 Å². The van der Waals surface area contributed by atoms with E-state index in [9.17, 15) is 10.2 Å². The number of benzene rings is 3. The van der Waals surface area contributed by atoms with E-state index in [0.717, 1.165) is 62.0 Å². The molecule has 0 aromatic heterocycles. The molecular weight excluding hydrogens is 430 g/mol. The Bertz CT molecular complexity index is 1010. The minimum absolute atomic E-state index is 0.0216. The third-order valence-electron chi connectivity index (χ3n) is 7.69. The van der Waals surface area contributed by atoms with Crippen molar-refractivity contribution in [3.63, 3.8) is 0 Å². The van der Waals surface area contributed by atoms with Crippen LogP contribution in [0.2, 0.25) is 0 Å². The van der Waals surface area contributed by atoms with E-state index in [0.29, 0.717) is 0 Å². The standard InChI is InChI=1S/C32H41NO2/c1-31(2,3)29-18-11-10-17-28(29)30(34)19-12-22-33-23-20-27(21-24-33)32(35,25-13-6-4-7-14-25)26-15-8-5-9-16-26/h4-11,13-18,27,30,34-35H,12,19-24H2,1-3H3. The van der Waals surface area contributed by atoms with Crippen LogP contribution in [-0.2, 0) is 11.0 Å². The number of piperidine rings is 1. The Morgan fingerprint density at radius 2 is 1.31 bits per heavy atom. The number of hydrogen-bond donors (Lipinski definition) is 2.